The van der Waals surface area contributed by atoms with E-state index in [1.54, 1.807) is 0 Å². The van der Waals surface area contributed by atoms with E-state index in [1.807, 2.05) is 43.3 Å². The summed E-state index contributed by atoms with van der Waals surface area (Å²) in [6, 6.07) is 8.56. The lowest BCUT2D eigenvalue weighted by Crippen LogP contribution is -2.46. The van der Waals surface area contributed by atoms with Crippen molar-refractivity contribution in [3.05, 3.63) is 24.3 Å². The van der Waals surface area contributed by atoms with Gasteiger partial charge in [0, 0.05) is 24.8 Å². The molecular weight excluding hydrogens is 302 g/mol. The predicted octanol–water partition coefficient (Wildman–Crippen LogP) is 2.58. The van der Waals surface area contributed by atoms with Gasteiger partial charge in [-0.15, -0.1) is 0 Å². The molecule has 5 heteroatoms. The van der Waals surface area contributed by atoms with Crippen LogP contribution < -0.4 is 10.1 Å². The summed E-state index contributed by atoms with van der Waals surface area (Å²) in [5, 5.41) is 2.89. The van der Waals surface area contributed by atoms with Gasteiger partial charge in [-0.2, -0.15) is 0 Å². The molecule has 1 saturated heterocycles. The van der Waals surface area contributed by atoms with Gasteiger partial charge >= 0.3 is 0 Å². The van der Waals surface area contributed by atoms with E-state index >= 15 is 0 Å². The third kappa shape index (κ3) is 4.71. The number of likely N-dealkylation sites (N-methyl/N-ethyl adjacent to an activating group) is 1. The Morgan fingerprint density at radius 1 is 1.17 bits per heavy atom. The molecule has 1 aromatic carbocycles. The maximum Gasteiger partial charge on any atom is 0.238 e. The zero-order chi connectivity index (χ0) is 16.9. The highest BCUT2D eigenvalue weighted by Crippen LogP contribution is 2.28. The maximum absolute atomic E-state index is 11.8. The summed E-state index contributed by atoms with van der Waals surface area (Å²) < 4.78 is 6.11. The monoisotopic (exact) mass is 331 g/mol. The van der Waals surface area contributed by atoms with Crippen molar-refractivity contribution in [3.8, 4) is 5.75 Å². The Hall–Kier alpha value is -1.59. The summed E-state index contributed by atoms with van der Waals surface area (Å²) in [6.45, 7) is 2.71. The summed E-state index contributed by atoms with van der Waals surface area (Å²) in [5.41, 5.74) is 0.814. The number of carbonyl (C=O) groups is 1. The average Bonchev–Trinajstić information content (AvgIpc) is 2.48. The van der Waals surface area contributed by atoms with Crippen molar-refractivity contribution in [1.82, 2.24) is 9.80 Å². The molecule has 3 rings (SSSR count). The number of benzene rings is 1. The molecule has 2 aliphatic rings. The molecule has 0 atom stereocenters. The highest BCUT2D eigenvalue weighted by atomic mass is 16.5. The highest BCUT2D eigenvalue weighted by molar-refractivity contribution is 5.92. The van der Waals surface area contributed by atoms with Crippen LogP contribution in [0, 0.1) is 0 Å². The van der Waals surface area contributed by atoms with Gasteiger partial charge in [0.05, 0.1) is 6.54 Å². The van der Waals surface area contributed by atoms with Crippen LogP contribution in [0.2, 0.25) is 0 Å². The Bertz CT molecular complexity index is 532. The summed E-state index contributed by atoms with van der Waals surface area (Å²) >= 11 is 0. The van der Waals surface area contributed by atoms with Crippen LogP contribution in [0.3, 0.4) is 0 Å². The molecule has 1 saturated carbocycles. The molecule has 1 aromatic rings. The first-order chi connectivity index (χ1) is 11.6. The van der Waals surface area contributed by atoms with Crippen LogP contribution in [-0.2, 0) is 4.79 Å². The lowest BCUT2D eigenvalue weighted by Gasteiger charge is -2.41. The van der Waals surface area contributed by atoms with Crippen molar-refractivity contribution in [2.75, 3.05) is 39.0 Å². The Kier molecular flexibility index (Phi) is 5.74. The Morgan fingerprint density at radius 2 is 1.83 bits per heavy atom. The number of piperidine rings is 1. The largest absolute Gasteiger partial charge is 0.490 e. The topological polar surface area (TPSA) is 44.8 Å². The number of hydrogen-bond acceptors (Lipinski definition) is 4. The van der Waals surface area contributed by atoms with E-state index in [2.05, 4.69) is 10.2 Å². The van der Waals surface area contributed by atoms with E-state index in [0.29, 0.717) is 12.6 Å². The molecule has 0 aromatic heterocycles. The van der Waals surface area contributed by atoms with Gasteiger partial charge < -0.3 is 19.9 Å². The van der Waals surface area contributed by atoms with E-state index in [9.17, 15) is 4.79 Å². The minimum Gasteiger partial charge on any atom is -0.490 e. The quantitative estimate of drug-likeness (QED) is 0.870. The smallest absolute Gasteiger partial charge is 0.238 e. The van der Waals surface area contributed by atoms with Crippen molar-refractivity contribution in [2.24, 2.45) is 0 Å². The van der Waals surface area contributed by atoms with Gasteiger partial charge in [-0.05, 0) is 64.0 Å². The van der Waals surface area contributed by atoms with Crippen LogP contribution in [0.5, 0.6) is 5.75 Å². The number of rotatable bonds is 6. The number of nitrogens with zero attached hydrogens (tertiary/aromatic N) is 2. The first-order valence-corrected chi connectivity index (χ1v) is 9.05. The number of nitrogens with one attached hydrogen (secondary N) is 1. The first-order valence-electron chi connectivity index (χ1n) is 9.05. The van der Waals surface area contributed by atoms with Gasteiger partial charge in [-0.3, -0.25) is 4.79 Å². The molecule has 1 N–H and O–H groups in total. The minimum absolute atomic E-state index is 0.00275. The van der Waals surface area contributed by atoms with Crippen LogP contribution >= 0.6 is 0 Å². The molecule has 0 bridgehead atoms. The standard InChI is InChI=1S/C19H29N3O2/c1-21(2)14-19(23)20-15-6-8-17(9-7-15)24-18-10-12-22(13-11-18)16-4-3-5-16/h6-9,16,18H,3-5,10-14H2,1-2H3,(H,20,23). The van der Waals surface area contributed by atoms with E-state index in [4.69, 9.17) is 4.74 Å². The number of hydrogen-bond donors (Lipinski definition) is 1. The zero-order valence-corrected chi connectivity index (χ0v) is 14.8. The number of anilines is 1. The summed E-state index contributed by atoms with van der Waals surface area (Å²) in [7, 11) is 3.76. The Balaban J connectivity index is 1.43. The van der Waals surface area contributed by atoms with Gasteiger partial charge in [0.15, 0.2) is 0 Å². The molecule has 2 fully saturated rings. The number of ether oxygens (including phenoxy) is 1. The number of likely N-dealkylation sites (tertiary alicyclic amines) is 1. The van der Waals surface area contributed by atoms with Crippen molar-refractivity contribution >= 4 is 11.6 Å². The Morgan fingerprint density at radius 3 is 2.38 bits per heavy atom. The van der Waals surface area contributed by atoms with Crippen LogP contribution in [0.25, 0.3) is 0 Å². The molecular formula is C19H29N3O2. The van der Waals surface area contributed by atoms with Gasteiger partial charge in [0.2, 0.25) is 5.91 Å². The predicted molar refractivity (Wildman–Crippen MR) is 96.5 cm³/mol. The van der Waals surface area contributed by atoms with E-state index in [-0.39, 0.29) is 5.91 Å². The van der Waals surface area contributed by atoms with Crippen LogP contribution in [0.15, 0.2) is 24.3 Å². The molecule has 1 heterocycles. The fourth-order valence-electron chi connectivity index (χ4n) is 3.41. The second-order valence-corrected chi connectivity index (χ2v) is 7.25. The fourth-order valence-corrected chi connectivity index (χ4v) is 3.41. The van der Waals surface area contributed by atoms with Gasteiger partial charge in [-0.1, -0.05) is 6.42 Å². The van der Waals surface area contributed by atoms with Crippen molar-refractivity contribution in [2.45, 2.75) is 44.2 Å². The molecule has 5 nitrogen and oxygen atoms in total. The number of amides is 1. The fraction of sp³-hybridized carbons (Fsp3) is 0.632. The third-order valence-corrected chi connectivity index (χ3v) is 4.97. The van der Waals surface area contributed by atoms with Gasteiger partial charge in [-0.25, -0.2) is 0 Å². The van der Waals surface area contributed by atoms with Gasteiger partial charge in [0.25, 0.3) is 0 Å². The van der Waals surface area contributed by atoms with Gasteiger partial charge in [0.1, 0.15) is 11.9 Å². The van der Waals surface area contributed by atoms with Crippen LogP contribution in [0.1, 0.15) is 32.1 Å². The third-order valence-electron chi connectivity index (χ3n) is 4.97. The van der Waals surface area contributed by atoms with E-state index in [0.717, 1.165) is 43.4 Å². The summed E-state index contributed by atoms with van der Waals surface area (Å²) in [5.74, 6) is 0.889. The molecule has 0 spiro atoms. The van der Waals surface area contributed by atoms with Crippen molar-refractivity contribution < 1.29 is 9.53 Å². The molecule has 0 radical (unpaired) electrons. The SMILES string of the molecule is CN(C)CC(=O)Nc1ccc(OC2CCN(C3CCC3)CC2)cc1. The highest BCUT2D eigenvalue weighted by Gasteiger charge is 2.29. The second-order valence-electron chi connectivity index (χ2n) is 7.25. The Labute approximate surface area is 145 Å². The van der Waals surface area contributed by atoms with Crippen LogP contribution in [-0.4, -0.2) is 61.6 Å². The summed E-state index contributed by atoms with van der Waals surface area (Å²) in [4.78, 5) is 16.2. The second kappa shape index (κ2) is 7.99. The lowest BCUT2D eigenvalue weighted by molar-refractivity contribution is -0.116. The minimum atomic E-state index is -0.00275. The number of carbonyl (C=O) groups excluding carboxylic acids is 1. The van der Waals surface area contributed by atoms with Crippen molar-refractivity contribution in [3.63, 3.8) is 0 Å². The van der Waals surface area contributed by atoms with E-state index < -0.39 is 0 Å². The molecule has 132 valence electrons. The molecule has 0 unspecified atom stereocenters. The lowest BCUT2D eigenvalue weighted by atomic mass is 9.90. The van der Waals surface area contributed by atoms with Crippen LogP contribution in [0.4, 0.5) is 5.69 Å². The van der Waals surface area contributed by atoms with E-state index in [1.165, 1.54) is 19.3 Å². The normalized spacial score (nSPS) is 20.0. The first kappa shape index (κ1) is 17.2. The average molecular weight is 331 g/mol. The molecule has 1 aliphatic heterocycles. The van der Waals surface area contributed by atoms with Crippen molar-refractivity contribution in [1.29, 1.82) is 0 Å². The molecule has 24 heavy (non-hydrogen) atoms. The maximum atomic E-state index is 11.8. The molecule has 1 amide bonds. The zero-order valence-electron chi connectivity index (χ0n) is 14.8. The molecule has 1 aliphatic carbocycles. The summed E-state index contributed by atoms with van der Waals surface area (Å²) in [6.07, 6.45) is 6.70.